The number of likely N-dealkylation sites (N-methyl/N-ethyl adjacent to an activating group) is 1. The van der Waals surface area contributed by atoms with Crippen LogP contribution in [-0.4, -0.2) is 62.9 Å². The molecular weight excluding hydrogens is 524 g/mol. The first-order chi connectivity index (χ1) is 19.3. The Kier molecular flexibility index (Phi) is 8.46. The molecule has 1 amide bonds. The van der Waals surface area contributed by atoms with E-state index in [2.05, 4.69) is 25.3 Å². The van der Waals surface area contributed by atoms with Gasteiger partial charge >= 0.3 is 0 Å². The van der Waals surface area contributed by atoms with Crippen molar-refractivity contribution in [3.05, 3.63) is 66.7 Å². The van der Waals surface area contributed by atoms with Crippen LogP contribution in [0.25, 0.3) is 21.7 Å². The van der Waals surface area contributed by atoms with Crippen LogP contribution < -0.4 is 15.4 Å². The summed E-state index contributed by atoms with van der Waals surface area (Å²) in [5.74, 6) is 1.89. The van der Waals surface area contributed by atoms with Gasteiger partial charge in [0.2, 0.25) is 21.9 Å². The third kappa shape index (κ3) is 6.68. The first-order valence-electron chi connectivity index (χ1n) is 13.7. The quantitative estimate of drug-likeness (QED) is 0.262. The van der Waals surface area contributed by atoms with E-state index in [9.17, 15) is 13.2 Å². The second-order valence-corrected chi connectivity index (χ2v) is 12.5. The maximum Gasteiger partial charge on any atom is 0.241 e. The monoisotopic (exact) mass is 560 g/mol. The van der Waals surface area contributed by atoms with E-state index in [0.29, 0.717) is 35.0 Å². The number of fused-ring (bicyclic) bond motifs is 2. The minimum Gasteiger partial charge on any atom is -0.360 e. The number of amides is 1. The number of sulfonamides is 1. The molecule has 0 spiro atoms. The lowest BCUT2D eigenvalue weighted by Gasteiger charge is -2.28. The molecule has 3 aromatic carbocycles. The van der Waals surface area contributed by atoms with Crippen molar-refractivity contribution in [2.75, 3.05) is 44.4 Å². The molecule has 10 heteroatoms. The summed E-state index contributed by atoms with van der Waals surface area (Å²) in [6.45, 7) is 1.34. The van der Waals surface area contributed by atoms with Crippen LogP contribution in [-0.2, 0) is 14.8 Å². The number of hydrogen-bond acceptors (Lipinski definition) is 7. The van der Waals surface area contributed by atoms with Crippen molar-refractivity contribution in [1.82, 2.24) is 19.6 Å². The SMILES string of the molecule is CN(C)C(=O)CNc1nc(NCC2CCC(CNS(=O)(=O)c3ccc4ccccc4c3)CC2)nc2ccccc12. The van der Waals surface area contributed by atoms with Crippen molar-refractivity contribution in [1.29, 1.82) is 0 Å². The Morgan fingerprint density at radius 2 is 1.52 bits per heavy atom. The number of rotatable bonds is 10. The van der Waals surface area contributed by atoms with Gasteiger partial charge in [-0.3, -0.25) is 4.79 Å². The molecule has 0 aliphatic heterocycles. The molecule has 1 heterocycles. The minimum atomic E-state index is -3.56. The lowest BCUT2D eigenvalue weighted by molar-refractivity contribution is -0.126. The van der Waals surface area contributed by atoms with Gasteiger partial charge in [-0.25, -0.2) is 18.1 Å². The lowest BCUT2D eigenvalue weighted by atomic mass is 9.82. The number of para-hydroxylation sites is 1. The zero-order chi connectivity index (χ0) is 28.1. The van der Waals surface area contributed by atoms with Crippen molar-refractivity contribution in [3.63, 3.8) is 0 Å². The van der Waals surface area contributed by atoms with E-state index in [4.69, 9.17) is 0 Å². The zero-order valence-corrected chi connectivity index (χ0v) is 23.7. The van der Waals surface area contributed by atoms with E-state index in [1.165, 1.54) is 0 Å². The molecule has 0 unspecified atom stereocenters. The molecule has 210 valence electrons. The first-order valence-corrected chi connectivity index (χ1v) is 15.2. The molecule has 40 heavy (non-hydrogen) atoms. The first kappa shape index (κ1) is 27.8. The van der Waals surface area contributed by atoms with E-state index in [0.717, 1.165) is 53.9 Å². The number of carbonyl (C=O) groups is 1. The molecule has 4 aromatic rings. The standard InChI is InChI=1S/C30H36N6O3S/c1-36(2)28(37)20-31-29-26-9-5-6-10-27(26)34-30(35-29)32-18-21-11-13-22(14-12-21)19-33-40(38,39)25-16-15-23-7-3-4-8-24(23)17-25/h3-10,15-17,21-22,33H,11-14,18-20H2,1-2H3,(H2,31,32,34,35). The summed E-state index contributed by atoms with van der Waals surface area (Å²) >= 11 is 0. The van der Waals surface area contributed by atoms with Gasteiger partial charge in [-0.1, -0.05) is 42.5 Å². The number of carbonyl (C=O) groups excluding carboxylic acids is 1. The maximum absolute atomic E-state index is 12.9. The molecule has 1 saturated carbocycles. The average molecular weight is 561 g/mol. The number of anilines is 2. The van der Waals surface area contributed by atoms with Crippen LogP contribution in [0.2, 0.25) is 0 Å². The van der Waals surface area contributed by atoms with Gasteiger partial charge in [0.15, 0.2) is 0 Å². The van der Waals surface area contributed by atoms with E-state index in [1.807, 2.05) is 54.6 Å². The van der Waals surface area contributed by atoms with Crippen LogP contribution in [0.1, 0.15) is 25.7 Å². The van der Waals surface area contributed by atoms with Gasteiger partial charge in [-0.05, 0) is 72.6 Å². The lowest BCUT2D eigenvalue weighted by Crippen LogP contribution is -2.32. The van der Waals surface area contributed by atoms with Crippen molar-refractivity contribution in [3.8, 4) is 0 Å². The predicted octanol–water partition coefficient (Wildman–Crippen LogP) is 4.48. The van der Waals surface area contributed by atoms with E-state index < -0.39 is 10.0 Å². The Morgan fingerprint density at radius 1 is 0.850 bits per heavy atom. The Labute approximate surface area is 235 Å². The molecule has 0 atom stereocenters. The van der Waals surface area contributed by atoms with E-state index >= 15 is 0 Å². The Bertz CT molecular complexity index is 1600. The van der Waals surface area contributed by atoms with Crippen LogP contribution in [0, 0.1) is 11.8 Å². The average Bonchev–Trinajstić information content (AvgIpc) is 2.97. The maximum atomic E-state index is 12.9. The van der Waals surface area contributed by atoms with Gasteiger partial charge in [0.05, 0.1) is 17.0 Å². The van der Waals surface area contributed by atoms with Crippen molar-refractivity contribution >= 4 is 49.4 Å². The van der Waals surface area contributed by atoms with Gasteiger partial charge in [0, 0.05) is 32.6 Å². The minimum absolute atomic E-state index is 0.0338. The van der Waals surface area contributed by atoms with E-state index in [-0.39, 0.29) is 12.5 Å². The summed E-state index contributed by atoms with van der Waals surface area (Å²) in [5, 5.41) is 9.36. The normalized spacial score (nSPS) is 17.6. The summed E-state index contributed by atoms with van der Waals surface area (Å²) in [6, 6.07) is 20.8. The third-order valence-electron chi connectivity index (χ3n) is 7.62. The van der Waals surface area contributed by atoms with Gasteiger partial charge < -0.3 is 15.5 Å². The molecule has 1 fully saturated rings. The summed E-state index contributed by atoms with van der Waals surface area (Å²) in [5.41, 5.74) is 0.808. The molecule has 1 aromatic heterocycles. The predicted molar refractivity (Wildman–Crippen MR) is 160 cm³/mol. The highest BCUT2D eigenvalue weighted by Crippen LogP contribution is 2.29. The van der Waals surface area contributed by atoms with Gasteiger partial charge in [-0.15, -0.1) is 0 Å². The van der Waals surface area contributed by atoms with Crippen molar-refractivity contribution < 1.29 is 13.2 Å². The Hall–Kier alpha value is -3.76. The number of aromatic nitrogens is 2. The molecule has 0 bridgehead atoms. The third-order valence-corrected chi connectivity index (χ3v) is 9.04. The number of benzene rings is 3. The number of hydrogen-bond donors (Lipinski definition) is 3. The topological polar surface area (TPSA) is 116 Å². The molecule has 0 radical (unpaired) electrons. The molecule has 0 saturated heterocycles. The van der Waals surface area contributed by atoms with Crippen LogP contribution in [0.15, 0.2) is 71.6 Å². The Morgan fingerprint density at radius 3 is 2.27 bits per heavy atom. The molecule has 5 rings (SSSR count). The highest BCUT2D eigenvalue weighted by atomic mass is 32.2. The highest BCUT2D eigenvalue weighted by molar-refractivity contribution is 7.89. The van der Waals surface area contributed by atoms with Gasteiger partial charge in [0.1, 0.15) is 5.82 Å². The zero-order valence-electron chi connectivity index (χ0n) is 22.9. The molecule has 9 nitrogen and oxygen atoms in total. The van der Waals surface area contributed by atoms with Crippen LogP contribution in [0.4, 0.5) is 11.8 Å². The number of nitrogens with one attached hydrogen (secondary N) is 3. The van der Waals surface area contributed by atoms with Crippen molar-refractivity contribution in [2.45, 2.75) is 30.6 Å². The second-order valence-electron chi connectivity index (χ2n) is 10.7. The fraction of sp³-hybridized carbons (Fsp3) is 0.367. The fourth-order valence-corrected chi connectivity index (χ4v) is 6.28. The van der Waals surface area contributed by atoms with Crippen LogP contribution in [0.3, 0.4) is 0 Å². The molecule has 1 aliphatic carbocycles. The van der Waals surface area contributed by atoms with Crippen LogP contribution in [0.5, 0.6) is 0 Å². The largest absolute Gasteiger partial charge is 0.360 e. The van der Waals surface area contributed by atoms with Gasteiger partial charge in [-0.2, -0.15) is 4.98 Å². The van der Waals surface area contributed by atoms with E-state index in [1.54, 1.807) is 31.1 Å². The Balaban J connectivity index is 1.13. The second kappa shape index (κ2) is 12.2. The summed E-state index contributed by atoms with van der Waals surface area (Å²) in [6.07, 6.45) is 3.94. The van der Waals surface area contributed by atoms with Crippen LogP contribution >= 0.6 is 0 Å². The smallest absolute Gasteiger partial charge is 0.241 e. The van der Waals surface area contributed by atoms with Crippen molar-refractivity contribution in [2.24, 2.45) is 11.8 Å². The summed E-state index contributed by atoms with van der Waals surface area (Å²) in [4.78, 5) is 23.3. The molecule has 3 N–H and O–H groups in total. The molecule has 1 aliphatic rings. The van der Waals surface area contributed by atoms with Gasteiger partial charge in [0.25, 0.3) is 0 Å². The highest BCUT2D eigenvalue weighted by Gasteiger charge is 2.24. The summed E-state index contributed by atoms with van der Waals surface area (Å²) in [7, 11) is -0.105. The number of nitrogens with zero attached hydrogens (tertiary/aromatic N) is 3. The summed E-state index contributed by atoms with van der Waals surface area (Å²) < 4.78 is 28.7. The fourth-order valence-electron chi connectivity index (χ4n) is 5.13. The molecular formula is C30H36N6O3S.